The molecule has 0 bridgehead atoms. The van der Waals surface area contributed by atoms with Crippen molar-refractivity contribution in [3.05, 3.63) is 35.4 Å². The summed E-state index contributed by atoms with van der Waals surface area (Å²) in [6, 6.07) is 6.33. The molecule has 4 nitrogen and oxygen atoms in total. The van der Waals surface area contributed by atoms with Crippen LogP contribution >= 0.6 is 0 Å². The summed E-state index contributed by atoms with van der Waals surface area (Å²) in [7, 11) is 0. The van der Waals surface area contributed by atoms with Gasteiger partial charge in [-0.3, -0.25) is 14.4 Å². The molecule has 0 saturated carbocycles. The number of hydrogen-bond donors (Lipinski definition) is 0. The molecular weight excluding hydrogens is 208 g/mol. The molecular formula is C12H12O4. The molecule has 16 heavy (non-hydrogen) atoms. The van der Waals surface area contributed by atoms with Crippen LogP contribution in [-0.4, -0.2) is 18.0 Å². The number of ketones is 1. The van der Waals surface area contributed by atoms with E-state index < -0.39 is 12.1 Å². The van der Waals surface area contributed by atoms with Gasteiger partial charge in [-0.25, -0.2) is 0 Å². The Bertz CT molecular complexity index is 406. The van der Waals surface area contributed by atoms with Gasteiger partial charge in [-0.1, -0.05) is 24.3 Å². The van der Waals surface area contributed by atoms with E-state index in [2.05, 4.69) is 0 Å². The van der Waals surface area contributed by atoms with E-state index in [-0.39, 0.29) is 5.78 Å². The van der Waals surface area contributed by atoms with Gasteiger partial charge in [-0.05, 0) is 6.92 Å². The fourth-order valence-corrected chi connectivity index (χ4v) is 1.30. The number of rotatable bonds is 4. The van der Waals surface area contributed by atoms with Crippen LogP contribution in [0.15, 0.2) is 24.3 Å². The van der Waals surface area contributed by atoms with Crippen molar-refractivity contribution < 1.29 is 19.1 Å². The quantitative estimate of drug-likeness (QED) is 0.572. The first-order chi connectivity index (χ1) is 7.54. The molecule has 0 spiro atoms. The molecule has 0 saturated heterocycles. The Morgan fingerprint density at radius 2 is 1.75 bits per heavy atom. The summed E-state index contributed by atoms with van der Waals surface area (Å²) >= 11 is 0. The lowest BCUT2D eigenvalue weighted by Crippen LogP contribution is -2.15. The zero-order valence-corrected chi connectivity index (χ0v) is 9.10. The van der Waals surface area contributed by atoms with Crippen LogP contribution in [0.4, 0.5) is 0 Å². The second-order valence-electron chi connectivity index (χ2n) is 3.38. The molecule has 1 aromatic carbocycles. The predicted octanol–water partition coefficient (Wildman–Crippen LogP) is 1.69. The van der Waals surface area contributed by atoms with Crippen molar-refractivity contribution in [3.63, 3.8) is 0 Å². The van der Waals surface area contributed by atoms with Crippen LogP contribution in [0.25, 0.3) is 0 Å². The summed E-state index contributed by atoms with van der Waals surface area (Å²) in [5.74, 6) is -0.770. The highest BCUT2D eigenvalue weighted by Gasteiger charge is 2.19. The van der Waals surface area contributed by atoms with Gasteiger partial charge < -0.3 is 4.74 Å². The Kier molecular flexibility index (Phi) is 3.94. The van der Waals surface area contributed by atoms with Crippen LogP contribution in [0, 0.1) is 0 Å². The highest BCUT2D eigenvalue weighted by atomic mass is 16.5. The van der Waals surface area contributed by atoms with Crippen molar-refractivity contribution in [1.82, 2.24) is 0 Å². The van der Waals surface area contributed by atoms with Crippen molar-refractivity contribution in [1.29, 1.82) is 0 Å². The van der Waals surface area contributed by atoms with E-state index in [9.17, 15) is 14.4 Å². The van der Waals surface area contributed by atoms with Gasteiger partial charge in [0.25, 0.3) is 0 Å². The molecule has 4 heteroatoms. The number of benzene rings is 1. The van der Waals surface area contributed by atoms with Gasteiger partial charge in [0.05, 0.1) is 0 Å². The Hall–Kier alpha value is -1.97. The topological polar surface area (TPSA) is 60.4 Å². The SMILES string of the molecule is CC(=O)OC(C(C)=O)c1ccc(C=O)cc1. The number of carbonyl (C=O) groups is 3. The van der Waals surface area contributed by atoms with Gasteiger partial charge in [0.15, 0.2) is 11.9 Å². The van der Waals surface area contributed by atoms with Gasteiger partial charge in [-0.2, -0.15) is 0 Å². The van der Waals surface area contributed by atoms with Gasteiger partial charge >= 0.3 is 5.97 Å². The molecule has 0 aliphatic heterocycles. The summed E-state index contributed by atoms with van der Waals surface area (Å²) in [5, 5.41) is 0. The lowest BCUT2D eigenvalue weighted by atomic mass is 10.0. The monoisotopic (exact) mass is 220 g/mol. The molecule has 1 atom stereocenters. The van der Waals surface area contributed by atoms with Crippen LogP contribution in [0.1, 0.15) is 35.9 Å². The zero-order valence-electron chi connectivity index (χ0n) is 9.10. The lowest BCUT2D eigenvalue weighted by molar-refractivity contribution is -0.152. The Labute approximate surface area is 93.2 Å². The molecule has 1 aromatic rings. The number of esters is 1. The second kappa shape index (κ2) is 5.21. The van der Waals surface area contributed by atoms with E-state index in [1.807, 2.05) is 0 Å². The highest BCUT2D eigenvalue weighted by molar-refractivity contribution is 5.84. The molecule has 0 aliphatic rings. The fourth-order valence-electron chi connectivity index (χ4n) is 1.30. The third-order valence-corrected chi connectivity index (χ3v) is 2.03. The number of carbonyl (C=O) groups excluding carboxylic acids is 3. The van der Waals surface area contributed by atoms with E-state index in [0.717, 1.165) is 0 Å². The third kappa shape index (κ3) is 3.02. The summed E-state index contributed by atoms with van der Waals surface area (Å²) in [4.78, 5) is 32.6. The molecule has 1 unspecified atom stereocenters. The average molecular weight is 220 g/mol. The van der Waals surface area contributed by atoms with Crippen molar-refractivity contribution in [2.24, 2.45) is 0 Å². The smallest absolute Gasteiger partial charge is 0.303 e. The third-order valence-electron chi connectivity index (χ3n) is 2.03. The minimum Gasteiger partial charge on any atom is -0.450 e. The molecule has 84 valence electrons. The Balaban J connectivity index is 2.96. The average Bonchev–Trinajstić information content (AvgIpc) is 2.25. The molecule has 0 radical (unpaired) electrons. The van der Waals surface area contributed by atoms with E-state index in [0.29, 0.717) is 17.4 Å². The maximum Gasteiger partial charge on any atom is 0.303 e. The summed E-state index contributed by atoms with van der Waals surface area (Å²) in [6.07, 6.45) is -0.184. The Morgan fingerprint density at radius 3 is 2.12 bits per heavy atom. The van der Waals surface area contributed by atoms with Crippen molar-refractivity contribution in [3.8, 4) is 0 Å². The van der Waals surface area contributed by atoms with Crippen LogP contribution < -0.4 is 0 Å². The molecule has 0 N–H and O–H groups in total. The first kappa shape index (κ1) is 12.1. The molecule has 0 aromatic heterocycles. The van der Waals surface area contributed by atoms with Crippen LogP contribution in [0.2, 0.25) is 0 Å². The van der Waals surface area contributed by atoms with E-state index >= 15 is 0 Å². The van der Waals surface area contributed by atoms with Crippen molar-refractivity contribution in [2.75, 3.05) is 0 Å². The van der Waals surface area contributed by atoms with Gasteiger partial charge in [0.1, 0.15) is 6.29 Å². The maximum absolute atomic E-state index is 11.3. The fraction of sp³-hybridized carbons (Fsp3) is 0.250. The van der Waals surface area contributed by atoms with Gasteiger partial charge in [0.2, 0.25) is 0 Å². The summed E-state index contributed by atoms with van der Waals surface area (Å²) in [6.45, 7) is 2.59. The summed E-state index contributed by atoms with van der Waals surface area (Å²) < 4.78 is 4.89. The van der Waals surface area contributed by atoms with Crippen LogP contribution in [0.3, 0.4) is 0 Å². The van der Waals surface area contributed by atoms with E-state index in [4.69, 9.17) is 4.74 Å². The number of Topliss-reactive ketones (excluding diaryl/α,β-unsaturated/α-hetero) is 1. The maximum atomic E-state index is 11.3. The zero-order chi connectivity index (χ0) is 12.1. The normalized spacial score (nSPS) is 11.6. The largest absolute Gasteiger partial charge is 0.450 e. The van der Waals surface area contributed by atoms with Crippen LogP contribution in [-0.2, 0) is 14.3 Å². The number of ether oxygens (including phenoxy) is 1. The lowest BCUT2D eigenvalue weighted by Gasteiger charge is -2.14. The molecule has 0 fully saturated rings. The number of aldehydes is 1. The number of hydrogen-bond acceptors (Lipinski definition) is 4. The van der Waals surface area contributed by atoms with E-state index in [1.54, 1.807) is 24.3 Å². The van der Waals surface area contributed by atoms with Crippen molar-refractivity contribution >= 4 is 18.0 Å². The minimum absolute atomic E-state index is 0.256. The van der Waals surface area contributed by atoms with Crippen molar-refractivity contribution in [2.45, 2.75) is 20.0 Å². The Morgan fingerprint density at radius 1 is 1.19 bits per heavy atom. The standard InChI is InChI=1S/C12H12O4/c1-8(14)12(16-9(2)15)11-5-3-10(7-13)4-6-11/h3-7,12H,1-2H3. The molecule has 0 aliphatic carbocycles. The summed E-state index contributed by atoms with van der Waals surface area (Å²) in [5.41, 5.74) is 1.07. The van der Waals surface area contributed by atoms with Crippen LogP contribution in [0.5, 0.6) is 0 Å². The van der Waals surface area contributed by atoms with Gasteiger partial charge in [-0.15, -0.1) is 0 Å². The molecule has 0 amide bonds. The second-order valence-corrected chi connectivity index (χ2v) is 3.38. The highest BCUT2D eigenvalue weighted by Crippen LogP contribution is 2.19. The predicted molar refractivity (Wildman–Crippen MR) is 57.0 cm³/mol. The van der Waals surface area contributed by atoms with Gasteiger partial charge in [0, 0.05) is 18.1 Å². The first-order valence-electron chi connectivity index (χ1n) is 4.77. The molecule has 0 heterocycles. The molecule has 1 rings (SSSR count). The van der Waals surface area contributed by atoms with E-state index in [1.165, 1.54) is 13.8 Å². The first-order valence-corrected chi connectivity index (χ1v) is 4.77. The minimum atomic E-state index is -0.891.